The van der Waals surface area contributed by atoms with Gasteiger partial charge in [-0.15, -0.1) is 0 Å². The molecule has 0 spiro atoms. The highest BCUT2D eigenvalue weighted by Gasteiger charge is 2.10. The monoisotopic (exact) mass is 248 g/mol. The van der Waals surface area contributed by atoms with Gasteiger partial charge in [0, 0.05) is 9.79 Å². The van der Waals surface area contributed by atoms with Gasteiger partial charge in [-0.3, -0.25) is 0 Å². The number of rotatable bonds is 3. The Morgan fingerprint density at radius 3 is 2.59 bits per heavy atom. The summed E-state index contributed by atoms with van der Waals surface area (Å²) in [5.41, 5.74) is 0.224. The fourth-order valence-electron chi connectivity index (χ4n) is 1.39. The van der Waals surface area contributed by atoms with Gasteiger partial charge in [0.25, 0.3) is 0 Å². The zero-order valence-electron chi connectivity index (χ0n) is 8.76. The molecule has 2 aromatic carbocycles. The number of carboxylic acid groups (broad SMARTS) is 1. The van der Waals surface area contributed by atoms with Crippen molar-refractivity contribution < 1.29 is 14.3 Å². The number of carbonyl (C=O) groups is 1. The predicted octanol–water partition coefficient (Wildman–Crippen LogP) is 3.68. The van der Waals surface area contributed by atoms with Gasteiger partial charge in [-0.1, -0.05) is 30.0 Å². The van der Waals surface area contributed by atoms with Crippen LogP contribution in [0.4, 0.5) is 4.39 Å². The van der Waals surface area contributed by atoms with Gasteiger partial charge in [0.05, 0.1) is 5.56 Å². The molecule has 0 radical (unpaired) electrons. The molecule has 0 saturated heterocycles. The maximum Gasteiger partial charge on any atom is 0.336 e. The van der Waals surface area contributed by atoms with E-state index in [4.69, 9.17) is 5.11 Å². The van der Waals surface area contributed by atoms with Crippen LogP contribution in [0, 0.1) is 5.82 Å². The third kappa shape index (κ3) is 2.85. The lowest BCUT2D eigenvalue weighted by molar-refractivity contribution is 0.0693. The van der Waals surface area contributed by atoms with Gasteiger partial charge < -0.3 is 5.11 Å². The molecule has 0 atom stereocenters. The Morgan fingerprint density at radius 2 is 1.88 bits per heavy atom. The van der Waals surface area contributed by atoms with Crippen molar-refractivity contribution >= 4 is 17.7 Å². The van der Waals surface area contributed by atoms with E-state index in [2.05, 4.69) is 0 Å². The molecular weight excluding hydrogens is 239 g/mol. The molecule has 1 N–H and O–H groups in total. The van der Waals surface area contributed by atoms with E-state index in [9.17, 15) is 9.18 Å². The normalized spacial score (nSPS) is 10.2. The van der Waals surface area contributed by atoms with E-state index in [1.54, 1.807) is 30.3 Å². The number of hydrogen-bond acceptors (Lipinski definition) is 2. The van der Waals surface area contributed by atoms with E-state index in [1.807, 2.05) is 0 Å². The molecule has 0 aliphatic carbocycles. The summed E-state index contributed by atoms with van der Waals surface area (Å²) in [6.45, 7) is 0. The lowest BCUT2D eigenvalue weighted by Gasteiger charge is -2.05. The van der Waals surface area contributed by atoms with Gasteiger partial charge in [0.1, 0.15) is 5.82 Å². The fourth-order valence-corrected chi connectivity index (χ4v) is 2.37. The lowest BCUT2D eigenvalue weighted by Crippen LogP contribution is -1.97. The van der Waals surface area contributed by atoms with Crippen LogP contribution in [0.5, 0.6) is 0 Å². The molecule has 86 valence electrons. The van der Waals surface area contributed by atoms with Crippen LogP contribution in [-0.4, -0.2) is 11.1 Å². The van der Waals surface area contributed by atoms with Crippen molar-refractivity contribution in [3.8, 4) is 0 Å². The first-order chi connectivity index (χ1) is 8.16. The highest BCUT2D eigenvalue weighted by molar-refractivity contribution is 7.99. The fraction of sp³-hybridized carbons (Fsp3) is 0. The first-order valence-electron chi connectivity index (χ1n) is 4.92. The summed E-state index contributed by atoms with van der Waals surface area (Å²) >= 11 is 1.24. The number of carboxylic acids is 1. The van der Waals surface area contributed by atoms with E-state index in [0.29, 0.717) is 9.79 Å². The summed E-state index contributed by atoms with van der Waals surface area (Å²) < 4.78 is 13.0. The van der Waals surface area contributed by atoms with Crippen LogP contribution in [-0.2, 0) is 0 Å². The van der Waals surface area contributed by atoms with Crippen LogP contribution in [0.15, 0.2) is 58.3 Å². The summed E-state index contributed by atoms with van der Waals surface area (Å²) in [6, 6.07) is 12.7. The second-order valence-corrected chi connectivity index (χ2v) is 4.48. The second-order valence-electron chi connectivity index (χ2n) is 3.36. The Morgan fingerprint density at radius 1 is 1.12 bits per heavy atom. The minimum atomic E-state index is -0.982. The Kier molecular flexibility index (Phi) is 3.44. The zero-order valence-corrected chi connectivity index (χ0v) is 9.58. The molecule has 0 bridgehead atoms. The van der Waals surface area contributed by atoms with E-state index in [1.165, 1.54) is 30.0 Å². The smallest absolute Gasteiger partial charge is 0.336 e. The molecule has 0 aliphatic heterocycles. The summed E-state index contributed by atoms with van der Waals surface area (Å²) in [7, 11) is 0. The minimum absolute atomic E-state index is 0.224. The summed E-state index contributed by atoms with van der Waals surface area (Å²) in [4.78, 5) is 12.3. The molecule has 0 amide bonds. The predicted molar refractivity (Wildman–Crippen MR) is 63.9 cm³/mol. The molecule has 17 heavy (non-hydrogen) atoms. The first kappa shape index (κ1) is 11.7. The van der Waals surface area contributed by atoms with Crippen LogP contribution in [0.25, 0.3) is 0 Å². The summed E-state index contributed by atoms with van der Waals surface area (Å²) in [6.07, 6.45) is 0. The van der Waals surface area contributed by atoms with Crippen LogP contribution in [0.3, 0.4) is 0 Å². The average Bonchev–Trinajstić information content (AvgIpc) is 2.29. The van der Waals surface area contributed by atoms with Crippen molar-refractivity contribution in [2.24, 2.45) is 0 Å². The van der Waals surface area contributed by atoms with Gasteiger partial charge in [0.2, 0.25) is 0 Å². The second kappa shape index (κ2) is 5.01. The molecule has 0 fully saturated rings. The zero-order chi connectivity index (χ0) is 12.3. The minimum Gasteiger partial charge on any atom is -0.478 e. The van der Waals surface area contributed by atoms with E-state index in [0.717, 1.165) is 0 Å². The van der Waals surface area contributed by atoms with Gasteiger partial charge in [-0.05, 0) is 30.3 Å². The first-order valence-corrected chi connectivity index (χ1v) is 5.74. The van der Waals surface area contributed by atoms with E-state index >= 15 is 0 Å². The number of aromatic carboxylic acids is 1. The molecule has 2 rings (SSSR count). The van der Waals surface area contributed by atoms with Gasteiger partial charge in [0.15, 0.2) is 0 Å². The molecule has 0 heterocycles. The number of hydrogen-bond donors (Lipinski definition) is 1. The third-order valence-corrected chi connectivity index (χ3v) is 3.21. The molecule has 4 heteroatoms. The molecule has 0 aliphatic rings. The number of benzene rings is 2. The molecule has 0 unspecified atom stereocenters. The van der Waals surface area contributed by atoms with Crippen LogP contribution in [0.1, 0.15) is 10.4 Å². The lowest BCUT2D eigenvalue weighted by atomic mass is 10.2. The topological polar surface area (TPSA) is 37.3 Å². The standard InChI is InChI=1S/C13H9FO2S/c14-9-4-3-5-10(8-9)17-12-7-2-1-6-11(12)13(15)16/h1-8H,(H,15,16). The molecular formula is C13H9FO2S. The van der Waals surface area contributed by atoms with Crippen molar-refractivity contribution in [2.75, 3.05) is 0 Å². The van der Waals surface area contributed by atoms with Crippen molar-refractivity contribution in [3.63, 3.8) is 0 Å². The summed E-state index contributed by atoms with van der Waals surface area (Å²) in [5, 5.41) is 9.01. The Bertz CT molecular complexity index is 555. The quantitative estimate of drug-likeness (QED) is 0.900. The van der Waals surface area contributed by atoms with Crippen molar-refractivity contribution in [2.45, 2.75) is 9.79 Å². The maximum absolute atomic E-state index is 13.0. The van der Waals surface area contributed by atoms with Gasteiger partial charge in [-0.25, -0.2) is 9.18 Å². The summed E-state index contributed by atoms with van der Waals surface area (Å²) in [5.74, 6) is -1.31. The van der Waals surface area contributed by atoms with Gasteiger partial charge >= 0.3 is 5.97 Å². The van der Waals surface area contributed by atoms with E-state index in [-0.39, 0.29) is 11.4 Å². The average molecular weight is 248 g/mol. The molecule has 2 nitrogen and oxygen atoms in total. The van der Waals surface area contributed by atoms with Crippen LogP contribution in [0.2, 0.25) is 0 Å². The van der Waals surface area contributed by atoms with Gasteiger partial charge in [-0.2, -0.15) is 0 Å². The third-order valence-electron chi connectivity index (χ3n) is 2.14. The van der Waals surface area contributed by atoms with Crippen molar-refractivity contribution in [1.82, 2.24) is 0 Å². The Labute approximate surface area is 102 Å². The highest BCUT2D eigenvalue weighted by Crippen LogP contribution is 2.30. The van der Waals surface area contributed by atoms with Crippen molar-refractivity contribution in [3.05, 3.63) is 59.9 Å². The highest BCUT2D eigenvalue weighted by atomic mass is 32.2. The number of halogens is 1. The largest absolute Gasteiger partial charge is 0.478 e. The Hall–Kier alpha value is -1.81. The molecule has 0 saturated carbocycles. The Balaban J connectivity index is 2.33. The SMILES string of the molecule is O=C(O)c1ccccc1Sc1cccc(F)c1. The van der Waals surface area contributed by atoms with Crippen LogP contribution < -0.4 is 0 Å². The van der Waals surface area contributed by atoms with Crippen molar-refractivity contribution in [1.29, 1.82) is 0 Å². The molecule has 2 aromatic rings. The maximum atomic E-state index is 13.0. The van der Waals surface area contributed by atoms with E-state index < -0.39 is 5.97 Å². The molecule has 0 aromatic heterocycles. The van der Waals surface area contributed by atoms with Crippen LogP contribution >= 0.6 is 11.8 Å².